The van der Waals surface area contributed by atoms with E-state index >= 15 is 0 Å². The average molecular weight is 258 g/mol. The van der Waals surface area contributed by atoms with E-state index in [0.717, 1.165) is 16.8 Å². The van der Waals surface area contributed by atoms with Crippen molar-refractivity contribution in [3.05, 3.63) is 52.8 Å². The Morgan fingerprint density at radius 3 is 2.16 bits per heavy atom. The molecule has 0 aromatic heterocycles. The Morgan fingerprint density at radius 2 is 1.58 bits per heavy atom. The zero-order valence-electron chi connectivity index (χ0n) is 11.8. The molecule has 19 heavy (non-hydrogen) atoms. The number of benzene rings is 2. The summed E-state index contributed by atoms with van der Waals surface area (Å²) in [6, 6.07) is 8.68. The van der Waals surface area contributed by atoms with Crippen molar-refractivity contribution in [3.63, 3.8) is 0 Å². The number of hydrogen-bond acceptors (Lipinski definition) is 2. The molecule has 0 saturated heterocycles. The first kappa shape index (κ1) is 13.4. The van der Waals surface area contributed by atoms with Crippen molar-refractivity contribution in [1.82, 2.24) is 0 Å². The summed E-state index contributed by atoms with van der Waals surface area (Å²) in [6.07, 6.45) is 0. The summed E-state index contributed by atoms with van der Waals surface area (Å²) in [5, 5.41) is 0. The van der Waals surface area contributed by atoms with E-state index < -0.39 is 0 Å². The van der Waals surface area contributed by atoms with Crippen LogP contribution in [0.5, 0.6) is 0 Å². The summed E-state index contributed by atoms with van der Waals surface area (Å²) < 4.78 is 13.4. The van der Waals surface area contributed by atoms with Crippen LogP contribution in [0.2, 0.25) is 0 Å². The van der Waals surface area contributed by atoms with Crippen LogP contribution >= 0.6 is 0 Å². The Balaban J connectivity index is 2.56. The lowest BCUT2D eigenvalue weighted by Crippen LogP contribution is -2.14. The number of halogens is 1. The molecule has 2 aromatic carbocycles. The highest BCUT2D eigenvalue weighted by Crippen LogP contribution is 2.34. The first-order chi connectivity index (χ1) is 8.90. The Kier molecular flexibility index (Phi) is 3.47. The molecule has 0 atom stereocenters. The number of nitrogens with zero attached hydrogens (tertiary/aromatic N) is 1. The van der Waals surface area contributed by atoms with E-state index in [1.165, 1.54) is 17.7 Å². The average Bonchev–Trinajstić information content (AvgIpc) is 2.30. The van der Waals surface area contributed by atoms with Crippen LogP contribution in [-0.2, 0) is 0 Å². The van der Waals surface area contributed by atoms with Gasteiger partial charge in [0, 0.05) is 12.7 Å². The highest BCUT2D eigenvalue weighted by molar-refractivity contribution is 5.77. The van der Waals surface area contributed by atoms with Gasteiger partial charge in [0.25, 0.3) is 0 Å². The van der Waals surface area contributed by atoms with Crippen LogP contribution in [0.15, 0.2) is 30.3 Å². The van der Waals surface area contributed by atoms with Gasteiger partial charge in [-0.3, -0.25) is 0 Å². The van der Waals surface area contributed by atoms with Gasteiger partial charge in [0.2, 0.25) is 0 Å². The third kappa shape index (κ3) is 2.55. The minimum atomic E-state index is -0.279. The number of aryl methyl sites for hydroxylation is 3. The predicted molar refractivity (Wildman–Crippen MR) is 79.5 cm³/mol. The van der Waals surface area contributed by atoms with Gasteiger partial charge >= 0.3 is 0 Å². The second-order valence-corrected chi connectivity index (χ2v) is 5.01. The van der Waals surface area contributed by atoms with Gasteiger partial charge in [-0.25, -0.2) is 4.39 Å². The summed E-state index contributed by atoms with van der Waals surface area (Å²) in [4.78, 5) is 1.95. The van der Waals surface area contributed by atoms with E-state index in [9.17, 15) is 4.39 Å². The van der Waals surface area contributed by atoms with Gasteiger partial charge in [-0.05, 0) is 50.1 Å². The molecule has 0 spiro atoms. The topological polar surface area (TPSA) is 29.3 Å². The van der Waals surface area contributed by atoms with Crippen molar-refractivity contribution in [2.24, 2.45) is 0 Å². The lowest BCUT2D eigenvalue weighted by Gasteiger charge is -2.25. The largest absolute Gasteiger partial charge is 0.397 e. The van der Waals surface area contributed by atoms with Crippen LogP contribution in [0.3, 0.4) is 0 Å². The van der Waals surface area contributed by atoms with E-state index in [-0.39, 0.29) is 5.82 Å². The lowest BCUT2D eigenvalue weighted by molar-refractivity contribution is 0.628. The highest BCUT2D eigenvalue weighted by atomic mass is 19.1. The van der Waals surface area contributed by atoms with Crippen LogP contribution in [0.1, 0.15) is 16.7 Å². The predicted octanol–water partition coefficient (Wildman–Crippen LogP) is 4.10. The molecule has 0 aliphatic rings. The molecule has 0 bridgehead atoms. The smallest absolute Gasteiger partial charge is 0.125 e. The minimum absolute atomic E-state index is 0.279. The molecule has 3 heteroatoms. The Bertz CT molecular complexity index is 597. The molecule has 0 radical (unpaired) electrons. The molecule has 0 unspecified atom stereocenters. The van der Waals surface area contributed by atoms with E-state index in [4.69, 9.17) is 5.73 Å². The van der Waals surface area contributed by atoms with Gasteiger partial charge in [0.1, 0.15) is 5.82 Å². The van der Waals surface area contributed by atoms with Crippen molar-refractivity contribution >= 4 is 17.1 Å². The van der Waals surface area contributed by atoms with E-state index in [2.05, 4.69) is 32.9 Å². The van der Waals surface area contributed by atoms with Crippen LogP contribution in [-0.4, -0.2) is 7.05 Å². The van der Waals surface area contributed by atoms with Gasteiger partial charge in [0.05, 0.1) is 11.4 Å². The Hall–Kier alpha value is -2.03. The summed E-state index contributed by atoms with van der Waals surface area (Å²) in [5.41, 5.74) is 11.8. The maximum Gasteiger partial charge on any atom is 0.125 e. The molecule has 2 N–H and O–H groups in total. The van der Waals surface area contributed by atoms with Crippen LogP contribution in [0, 0.1) is 26.6 Å². The number of nitrogens with two attached hydrogens (primary N) is 1. The Morgan fingerprint density at radius 1 is 1.00 bits per heavy atom. The van der Waals surface area contributed by atoms with E-state index in [0.29, 0.717) is 11.4 Å². The SMILES string of the molecule is Cc1cc(C)c(N(C)c2cc(F)ccc2N)c(C)c1. The van der Waals surface area contributed by atoms with Gasteiger partial charge in [-0.15, -0.1) is 0 Å². The third-order valence-corrected chi connectivity index (χ3v) is 3.32. The zero-order valence-corrected chi connectivity index (χ0v) is 11.8. The summed E-state index contributed by atoms with van der Waals surface area (Å²) >= 11 is 0. The quantitative estimate of drug-likeness (QED) is 0.822. The summed E-state index contributed by atoms with van der Waals surface area (Å²) in [6.45, 7) is 6.18. The number of anilines is 3. The molecule has 100 valence electrons. The molecule has 0 aliphatic carbocycles. The summed E-state index contributed by atoms with van der Waals surface area (Å²) in [7, 11) is 1.91. The fraction of sp³-hybridized carbons (Fsp3) is 0.250. The van der Waals surface area contributed by atoms with Gasteiger partial charge in [-0.1, -0.05) is 17.7 Å². The molecular formula is C16H19FN2. The first-order valence-electron chi connectivity index (χ1n) is 6.26. The highest BCUT2D eigenvalue weighted by Gasteiger charge is 2.13. The molecule has 0 fully saturated rings. The van der Waals surface area contributed by atoms with Crippen LogP contribution in [0.4, 0.5) is 21.5 Å². The molecule has 0 heterocycles. The second kappa shape index (κ2) is 4.92. The number of rotatable bonds is 2. The van der Waals surface area contributed by atoms with Gasteiger partial charge < -0.3 is 10.6 Å². The fourth-order valence-electron chi connectivity index (χ4n) is 2.63. The monoisotopic (exact) mass is 258 g/mol. The zero-order chi connectivity index (χ0) is 14.2. The van der Waals surface area contributed by atoms with Gasteiger partial charge in [-0.2, -0.15) is 0 Å². The van der Waals surface area contributed by atoms with Crippen LogP contribution < -0.4 is 10.6 Å². The van der Waals surface area contributed by atoms with Crippen molar-refractivity contribution in [1.29, 1.82) is 0 Å². The van der Waals surface area contributed by atoms with Crippen molar-refractivity contribution < 1.29 is 4.39 Å². The molecule has 0 aliphatic heterocycles. The minimum Gasteiger partial charge on any atom is -0.397 e. The molecule has 2 nitrogen and oxygen atoms in total. The van der Waals surface area contributed by atoms with Crippen molar-refractivity contribution in [3.8, 4) is 0 Å². The normalized spacial score (nSPS) is 10.6. The molecule has 0 saturated carbocycles. The standard InChI is InChI=1S/C16H19FN2/c1-10-7-11(2)16(12(3)8-10)19(4)15-9-13(17)5-6-14(15)18/h5-9H,18H2,1-4H3. The molecule has 2 aromatic rings. The van der Waals surface area contributed by atoms with E-state index in [1.54, 1.807) is 6.07 Å². The Labute approximate surface area is 113 Å². The fourth-order valence-corrected chi connectivity index (χ4v) is 2.63. The number of nitrogen functional groups attached to an aromatic ring is 1. The molecule has 2 rings (SSSR count). The van der Waals surface area contributed by atoms with Crippen molar-refractivity contribution in [2.75, 3.05) is 17.7 Å². The third-order valence-electron chi connectivity index (χ3n) is 3.32. The molecular weight excluding hydrogens is 239 g/mol. The van der Waals surface area contributed by atoms with Crippen LogP contribution in [0.25, 0.3) is 0 Å². The van der Waals surface area contributed by atoms with E-state index in [1.807, 2.05) is 11.9 Å². The summed E-state index contributed by atoms with van der Waals surface area (Å²) in [5.74, 6) is -0.279. The maximum absolute atomic E-state index is 13.4. The molecule has 0 amide bonds. The van der Waals surface area contributed by atoms with Gasteiger partial charge in [0.15, 0.2) is 0 Å². The first-order valence-corrected chi connectivity index (χ1v) is 6.26. The lowest BCUT2D eigenvalue weighted by atomic mass is 10.0. The number of hydrogen-bond donors (Lipinski definition) is 1. The van der Waals surface area contributed by atoms with Crippen molar-refractivity contribution in [2.45, 2.75) is 20.8 Å². The maximum atomic E-state index is 13.4. The second-order valence-electron chi connectivity index (χ2n) is 5.01.